The van der Waals surface area contributed by atoms with E-state index in [1.807, 2.05) is 0 Å². The number of nitrogens with zero attached hydrogens (tertiary/aromatic N) is 3. The third kappa shape index (κ3) is 12.9. The summed E-state index contributed by atoms with van der Waals surface area (Å²) in [5, 5.41) is 16.6. The minimum atomic E-state index is -0.416. The average Bonchev–Trinajstić information content (AvgIpc) is 3.18. The third-order valence-electron chi connectivity index (χ3n) is 4.42. The SMILES string of the molecule is CCCCCC(=O)C(=O)NCCCC/C=C\CCCCCCc1nn[nH]n1. The normalized spacial score (nSPS) is 11.1. The second-order valence-electron chi connectivity index (χ2n) is 6.88. The molecule has 0 radical (unpaired) electrons. The molecule has 0 bridgehead atoms. The molecule has 0 fully saturated rings. The minimum absolute atomic E-state index is 0.277. The molecule has 0 saturated heterocycles. The zero-order chi connectivity index (χ0) is 19.6. The average molecular weight is 378 g/mol. The smallest absolute Gasteiger partial charge is 0.287 e. The Morgan fingerprint density at radius 3 is 2.41 bits per heavy atom. The Labute approximate surface area is 162 Å². The van der Waals surface area contributed by atoms with Crippen LogP contribution in [-0.2, 0) is 16.0 Å². The van der Waals surface area contributed by atoms with Crippen LogP contribution in [-0.4, -0.2) is 38.9 Å². The number of H-pyrrole nitrogens is 1. The molecule has 0 aromatic carbocycles. The molecule has 1 aromatic heterocycles. The fourth-order valence-corrected chi connectivity index (χ4v) is 2.76. The Morgan fingerprint density at radius 1 is 0.963 bits per heavy atom. The topological polar surface area (TPSA) is 101 Å². The molecule has 1 rings (SSSR count). The number of hydrogen-bond acceptors (Lipinski definition) is 5. The second-order valence-corrected chi connectivity index (χ2v) is 6.88. The van der Waals surface area contributed by atoms with Crippen LogP contribution in [0.3, 0.4) is 0 Å². The number of nitrogens with one attached hydrogen (secondary N) is 2. The maximum Gasteiger partial charge on any atom is 0.287 e. The maximum atomic E-state index is 11.6. The van der Waals surface area contributed by atoms with Crippen molar-refractivity contribution in [2.24, 2.45) is 0 Å². The molecule has 2 N–H and O–H groups in total. The first-order valence-corrected chi connectivity index (χ1v) is 10.4. The molecule has 0 aliphatic rings. The minimum Gasteiger partial charge on any atom is -0.350 e. The molecule has 1 aromatic rings. The van der Waals surface area contributed by atoms with Crippen LogP contribution < -0.4 is 5.32 Å². The fraction of sp³-hybridized carbons (Fsp3) is 0.750. The van der Waals surface area contributed by atoms with E-state index in [9.17, 15) is 9.59 Å². The Morgan fingerprint density at radius 2 is 1.70 bits per heavy atom. The van der Waals surface area contributed by atoms with Gasteiger partial charge in [-0.1, -0.05) is 50.0 Å². The van der Waals surface area contributed by atoms with Gasteiger partial charge in [0.1, 0.15) is 0 Å². The number of aryl methyl sites for hydroxylation is 1. The molecular weight excluding hydrogens is 342 g/mol. The Bertz CT molecular complexity index is 528. The van der Waals surface area contributed by atoms with Crippen LogP contribution in [0.2, 0.25) is 0 Å². The number of hydrogen-bond donors (Lipinski definition) is 2. The molecule has 0 saturated carbocycles. The molecule has 1 amide bonds. The molecular formula is C20H35N5O2. The van der Waals surface area contributed by atoms with Gasteiger partial charge in [-0.25, -0.2) is 0 Å². The largest absolute Gasteiger partial charge is 0.350 e. The number of aromatic nitrogens is 4. The van der Waals surface area contributed by atoms with Crippen LogP contribution >= 0.6 is 0 Å². The number of tetrazole rings is 1. The van der Waals surface area contributed by atoms with E-state index in [4.69, 9.17) is 0 Å². The lowest BCUT2D eigenvalue weighted by Crippen LogP contribution is -2.31. The van der Waals surface area contributed by atoms with Gasteiger partial charge in [0.2, 0.25) is 5.78 Å². The van der Waals surface area contributed by atoms with E-state index >= 15 is 0 Å². The van der Waals surface area contributed by atoms with Gasteiger partial charge in [0, 0.05) is 19.4 Å². The maximum absolute atomic E-state index is 11.6. The van der Waals surface area contributed by atoms with E-state index in [1.54, 1.807) is 0 Å². The number of Topliss-reactive ketones (excluding diaryl/α,β-unsaturated/α-hetero) is 1. The third-order valence-corrected chi connectivity index (χ3v) is 4.42. The Balaban J connectivity index is 1.84. The van der Waals surface area contributed by atoms with E-state index in [1.165, 1.54) is 19.3 Å². The number of rotatable bonds is 17. The van der Waals surface area contributed by atoms with Crippen molar-refractivity contribution in [3.8, 4) is 0 Å². The van der Waals surface area contributed by atoms with Crippen molar-refractivity contribution in [2.45, 2.75) is 90.4 Å². The van der Waals surface area contributed by atoms with Crippen LogP contribution in [0.15, 0.2) is 12.2 Å². The summed E-state index contributed by atoms with van der Waals surface area (Å²) >= 11 is 0. The summed E-state index contributed by atoms with van der Waals surface area (Å²) in [6.07, 6.45) is 17.4. The van der Waals surface area contributed by atoms with Crippen molar-refractivity contribution < 1.29 is 9.59 Å². The zero-order valence-electron chi connectivity index (χ0n) is 16.7. The van der Waals surface area contributed by atoms with Gasteiger partial charge in [0.15, 0.2) is 5.82 Å². The molecule has 7 heteroatoms. The summed E-state index contributed by atoms with van der Waals surface area (Å²) < 4.78 is 0. The van der Waals surface area contributed by atoms with Crippen LogP contribution in [0.5, 0.6) is 0 Å². The lowest BCUT2D eigenvalue weighted by atomic mass is 10.1. The van der Waals surface area contributed by atoms with Gasteiger partial charge in [-0.2, -0.15) is 5.21 Å². The number of unbranched alkanes of at least 4 members (excludes halogenated alkanes) is 8. The van der Waals surface area contributed by atoms with E-state index in [0.29, 0.717) is 13.0 Å². The molecule has 0 atom stereocenters. The van der Waals surface area contributed by atoms with Crippen LogP contribution in [0.1, 0.15) is 89.8 Å². The monoisotopic (exact) mass is 377 g/mol. The van der Waals surface area contributed by atoms with E-state index < -0.39 is 5.91 Å². The molecule has 1 heterocycles. The van der Waals surface area contributed by atoms with Gasteiger partial charge in [0.25, 0.3) is 5.91 Å². The number of carbonyl (C=O) groups is 2. The highest BCUT2D eigenvalue weighted by Gasteiger charge is 2.11. The van der Waals surface area contributed by atoms with Crippen LogP contribution in [0.25, 0.3) is 0 Å². The Kier molecular flexibility index (Phi) is 13.7. The van der Waals surface area contributed by atoms with Crippen molar-refractivity contribution in [1.82, 2.24) is 25.9 Å². The molecule has 0 aliphatic carbocycles. The quantitative estimate of drug-likeness (QED) is 0.245. The van der Waals surface area contributed by atoms with Crippen LogP contribution in [0, 0.1) is 0 Å². The van der Waals surface area contributed by atoms with E-state index in [0.717, 1.165) is 63.6 Å². The summed E-state index contributed by atoms with van der Waals surface area (Å²) in [6, 6.07) is 0. The Hall–Kier alpha value is -2.05. The standard InChI is InChI=1S/C20H35N5O2/c1-2-3-12-15-18(26)20(27)21-17-14-11-9-7-5-4-6-8-10-13-16-19-22-24-25-23-19/h5,7H,2-4,6,8-17H2,1H3,(H,21,27)(H,22,23,24,25)/b7-5-. The number of amides is 1. The summed E-state index contributed by atoms with van der Waals surface area (Å²) in [5.41, 5.74) is 0. The molecule has 0 unspecified atom stereocenters. The van der Waals surface area contributed by atoms with E-state index in [2.05, 4.69) is 45.0 Å². The van der Waals surface area contributed by atoms with Gasteiger partial charge in [-0.05, 0) is 44.9 Å². The molecule has 0 aliphatic heterocycles. The summed E-state index contributed by atoms with van der Waals surface area (Å²) in [7, 11) is 0. The van der Waals surface area contributed by atoms with Crippen molar-refractivity contribution in [1.29, 1.82) is 0 Å². The molecule has 7 nitrogen and oxygen atoms in total. The van der Waals surface area contributed by atoms with Crippen LogP contribution in [0.4, 0.5) is 0 Å². The van der Waals surface area contributed by atoms with E-state index in [-0.39, 0.29) is 5.78 Å². The van der Waals surface area contributed by atoms with Crippen molar-refractivity contribution in [2.75, 3.05) is 6.54 Å². The first-order valence-electron chi connectivity index (χ1n) is 10.4. The first kappa shape index (κ1) is 23.0. The molecule has 0 spiro atoms. The predicted octanol–water partition coefficient (Wildman–Crippen LogP) is 3.68. The lowest BCUT2D eigenvalue weighted by molar-refractivity contribution is -0.138. The number of allylic oxidation sites excluding steroid dienone is 2. The summed E-state index contributed by atoms with van der Waals surface area (Å²) in [5.74, 6) is 0.105. The van der Waals surface area contributed by atoms with Crippen molar-refractivity contribution in [3.05, 3.63) is 18.0 Å². The van der Waals surface area contributed by atoms with Gasteiger partial charge in [-0.15, -0.1) is 10.2 Å². The number of ketones is 1. The van der Waals surface area contributed by atoms with Gasteiger partial charge >= 0.3 is 0 Å². The van der Waals surface area contributed by atoms with Crippen molar-refractivity contribution in [3.63, 3.8) is 0 Å². The van der Waals surface area contributed by atoms with Gasteiger partial charge < -0.3 is 5.32 Å². The van der Waals surface area contributed by atoms with Gasteiger partial charge in [-0.3, -0.25) is 9.59 Å². The predicted molar refractivity (Wildman–Crippen MR) is 106 cm³/mol. The molecule has 152 valence electrons. The highest BCUT2D eigenvalue weighted by Crippen LogP contribution is 2.07. The highest BCUT2D eigenvalue weighted by atomic mass is 16.2. The summed E-state index contributed by atoms with van der Waals surface area (Å²) in [4.78, 5) is 23.2. The second kappa shape index (κ2) is 16.1. The first-order chi connectivity index (χ1) is 13.2. The van der Waals surface area contributed by atoms with Crippen molar-refractivity contribution >= 4 is 11.7 Å². The zero-order valence-corrected chi connectivity index (χ0v) is 16.7. The number of aromatic amines is 1. The number of carbonyl (C=O) groups excluding carboxylic acids is 2. The molecule has 27 heavy (non-hydrogen) atoms. The summed E-state index contributed by atoms with van der Waals surface area (Å²) in [6.45, 7) is 2.67. The lowest BCUT2D eigenvalue weighted by Gasteiger charge is -2.03. The van der Waals surface area contributed by atoms with Gasteiger partial charge in [0.05, 0.1) is 0 Å². The highest BCUT2D eigenvalue weighted by molar-refractivity contribution is 6.36. The fourth-order valence-electron chi connectivity index (χ4n) is 2.76.